The highest BCUT2D eigenvalue weighted by molar-refractivity contribution is 7.93. The Balaban J connectivity index is 2.51. The first-order valence-corrected chi connectivity index (χ1v) is 7.34. The van der Waals surface area contributed by atoms with Crippen molar-refractivity contribution in [2.45, 2.75) is 13.3 Å². The second kappa shape index (κ2) is 4.27. The first-order valence-electron chi connectivity index (χ1n) is 5.33. The van der Waals surface area contributed by atoms with Crippen molar-refractivity contribution in [2.75, 3.05) is 16.6 Å². The zero-order valence-corrected chi connectivity index (χ0v) is 11.1. The highest BCUT2D eigenvalue weighted by Crippen LogP contribution is 2.28. The van der Waals surface area contributed by atoms with Crippen molar-refractivity contribution in [3.63, 3.8) is 0 Å². The summed E-state index contributed by atoms with van der Waals surface area (Å²) in [7, 11) is -3.16. The third kappa shape index (κ3) is 2.28. The van der Waals surface area contributed by atoms with Crippen LogP contribution >= 0.6 is 12.2 Å². The van der Waals surface area contributed by atoms with E-state index in [4.69, 9.17) is 18.0 Å². The minimum atomic E-state index is -3.16. The third-order valence-corrected chi connectivity index (χ3v) is 4.95. The van der Waals surface area contributed by atoms with Crippen LogP contribution in [0.15, 0.2) is 18.2 Å². The van der Waals surface area contributed by atoms with Crippen molar-refractivity contribution in [1.82, 2.24) is 0 Å². The number of nitrogens with zero attached hydrogens (tertiary/aromatic N) is 1. The fourth-order valence-electron chi connectivity index (χ4n) is 1.94. The van der Waals surface area contributed by atoms with Gasteiger partial charge in [0.1, 0.15) is 4.99 Å². The SMILES string of the molecule is Cc1ccc(C(N)=S)cc1N1CCCS1(=O)=O. The molecule has 1 aromatic rings. The lowest BCUT2D eigenvalue weighted by Gasteiger charge is -2.20. The van der Waals surface area contributed by atoms with Crippen molar-refractivity contribution in [3.05, 3.63) is 29.3 Å². The highest BCUT2D eigenvalue weighted by atomic mass is 32.2. The van der Waals surface area contributed by atoms with E-state index in [-0.39, 0.29) is 10.7 Å². The quantitative estimate of drug-likeness (QED) is 0.819. The molecule has 0 radical (unpaired) electrons. The molecule has 1 heterocycles. The molecule has 0 aromatic heterocycles. The Morgan fingerprint density at radius 1 is 1.47 bits per heavy atom. The Morgan fingerprint density at radius 3 is 2.71 bits per heavy atom. The molecular formula is C11H14N2O2S2. The van der Waals surface area contributed by atoms with E-state index in [1.54, 1.807) is 6.07 Å². The number of hydrogen-bond donors (Lipinski definition) is 1. The average Bonchev–Trinajstić information content (AvgIpc) is 2.58. The molecule has 0 atom stereocenters. The maximum atomic E-state index is 11.9. The molecule has 1 saturated heterocycles. The van der Waals surface area contributed by atoms with Crippen LogP contribution in [0.2, 0.25) is 0 Å². The lowest BCUT2D eigenvalue weighted by atomic mass is 10.1. The van der Waals surface area contributed by atoms with E-state index in [9.17, 15) is 8.42 Å². The first kappa shape index (κ1) is 12.3. The van der Waals surface area contributed by atoms with Gasteiger partial charge in [-0.3, -0.25) is 4.31 Å². The molecule has 0 spiro atoms. The van der Waals surface area contributed by atoms with E-state index in [2.05, 4.69) is 0 Å². The molecular weight excluding hydrogens is 256 g/mol. The Kier molecular flexibility index (Phi) is 3.09. The molecule has 0 aliphatic carbocycles. The largest absolute Gasteiger partial charge is 0.389 e. The van der Waals surface area contributed by atoms with Gasteiger partial charge in [-0.1, -0.05) is 24.4 Å². The molecule has 0 bridgehead atoms. The molecule has 6 heteroatoms. The molecule has 1 aromatic carbocycles. The van der Waals surface area contributed by atoms with Crippen molar-refractivity contribution in [1.29, 1.82) is 0 Å². The van der Waals surface area contributed by atoms with Crippen LogP contribution in [0.3, 0.4) is 0 Å². The van der Waals surface area contributed by atoms with Gasteiger partial charge in [0.25, 0.3) is 0 Å². The third-order valence-electron chi connectivity index (χ3n) is 2.86. The van der Waals surface area contributed by atoms with Crippen molar-refractivity contribution in [2.24, 2.45) is 5.73 Å². The van der Waals surface area contributed by atoms with Gasteiger partial charge in [-0.05, 0) is 25.0 Å². The van der Waals surface area contributed by atoms with Crippen LogP contribution in [0.25, 0.3) is 0 Å². The number of aryl methyl sites for hydroxylation is 1. The average molecular weight is 270 g/mol. The predicted octanol–water partition coefficient (Wildman–Crippen LogP) is 1.17. The molecule has 0 unspecified atom stereocenters. The summed E-state index contributed by atoms with van der Waals surface area (Å²) in [6.45, 7) is 2.41. The summed E-state index contributed by atoms with van der Waals surface area (Å²) >= 11 is 4.91. The van der Waals surface area contributed by atoms with Gasteiger partial charge in [0.2, 0.25) is 10.0 Å². The molecule has 1 aliphatic rings. The lowest BCUT2D eigenvalue weighted by Crippen LogP contribution is -2.26. The van der Waals surface area contributed by atoms with Gasteiger partial charge in [0, 0.05) is 12.1 Å². The number of nitrogens with two attached hydrogens (primary N) is 1. The molecule has 92 valence electrons. The Morgan fingerprint density at radius 2 is 2.18 bits per heavy atom. The van der Waals surface area contributed by atoms with Crippen molar-refractivity contribution in [3.8, 4) is 0 Å². The first-order chi connectivity index (χ1) is 7.92. The van der Waals surface area contributed by atoms with Crippen LogP contribution in [-0.2, 0) is 10.0 Å². The summed E-state index contributed by atoms with van der Waals surface area (Å²) in [6, 6.07) is 5.40. The normalized spacial score (nSPS) is 18.3. The lowest BCUT2D eigenvalue weighted by molar-refractivity contribution is 0.599. The summed E-state index contributed by atoms with van der Waals surface area (Å²) in [5, 5.41) is 0. The molecule has 2 N–H and O–H groups in total. The summed E-state index contributed by atoms with van der Waals surface area (Å²) < 4.78 is 25.2. The zero-order chi connectivity index (χ0) is 12.6. The van der Waals surface area contributed by atoms with Crippen LogP contribution in [0.5, 0.6) is 0 Å². The molecule has 0 amide bonds. The Bertz CT molecular complexity index is 567. The summed E-state index contributed by atoms with van der Waals surface area (Å²) in [6.07, 6.45) is 0.666. The molecule has 4 nitrogen and oxygen atoms in total. The Labute approximate surface area is 106 Å². The minimum absolute atomic E-state index is 0.212. The zero-order valence-electron chi connectivity index (χ0n) is 9.51. The van der Waals surface area contributed by atoms with Crippen LogP contribution in [0.4, 0.5) is 5.69 Å². The summed E-state index contributed by atoms with van der Waals surface area (Å²) in [5.74, 6) is 0.212. The van der Waals surface area contributed by atoms with E-state index in [0.717, 1.165) is 5.56 Å². The minimum Gasteiger partial charge on any atom is -0.389 e. The predicted molar refractivity (Wildman–Crippen MR) is 72.8 cm³/mol. The van der Waals surface area contributed by atoms with E-state index in [1.165, 1.54) is 4.31 Å². The molecule has 1 aliphatic heterocycles. The number of rotatable bonds is 2. The van der Waals surface area contributed by atoms with Crippen molar-refractivity contribution >= 4 is 32.9 Å². The number of sulfonamides is 1. The van der Waals surface area contributed by atoms with Gasteiger partial charge in [0.05, 0.1) is 11.4 Å². The monoisotopic (exact) mass is 270 g/mol. The fraction of sp³-hybridized carbons (Fsp3) is 0.364. The maximum absolute atomic E-state index is 11.9. The highest BCUT2D eigenvalue weighted by Gasteiger charge is 2.29. The van der Waals surface area contributed by atoms with Gasteiger partial charge < -0.3 is 5.73 Å². The Hall–Kier alpha value is -1.14. The van der Waals surface area contributed by atoms with E-state index >= 15 is 0 Å². The van der Waals surface area contributed by atoms with Crippen LogP contribution in [0.1, 0.15) is 17.5 Å². The van der Waals surface area contributed by atoms with Crippen LogP contribution in [0, 0.1) is 6.92 Å². The standard InChI is InChI=1S/C11H14N2O2S2/c1-8-3-4-9(11(12)16)7-10(8)13-5-2-6-17(13,14)15/h3-4,7H,2,5-6H2,1H3,(H2,12,16). The maximum Gasteiger partial charge on any atom is 0.235 e. The van der Waals surface area contributed by atoms with E-state index in [0.29, 0.717) is 24.2 Å². The van der Waals surface area contributed by atoms with E-state index < -0.39 is 10.0 Å². The summed E-state index contributed by atoms with van der Waals surface area (Å²) in [5.41, 5.74) is 7.86. The second-order valence-corrected chi connectivity index (χ2v) is 6.56. The van der Waals surface area contributed by atoms with Gasteiger partial charge in [-0.25, -0.2) is 8.42 Å². The number of thiocarbonyl (C=S) groups is 1. The van der Waals surface area contributed by atoms with Gasteiger partial charge in [-0.2, -0.15) is 0 Å². The van der Waals surface area contributed by atoms with Gasteiger partial charge in [-0.15, -0.1) is 0 Å². The molecule has 17 heavy (non-hydrogen) atoms. The topological polar surface area (TPSA) is 63.4 Å². The number of hydrogen-bond acceptors (Lipinski definition) is 3. The van der Waals surface area contributed by atoms with Crippen LogP contribution in [-0.4, -0.2) is 25.7 Å². The number of benzene rings is 1. The van der Waals surface area contributed by atoms with Gasteiger partial charge >= 0.3 is 0 Å². The smallest absolute Gasteiger partial charge is 0.235 e. The molecule has 0 saturated carbocycles. The molecule has 2 rings (SSSR count). The van der Waals surface area contributed by atoms with Gasteiger partial charge in [0.15, 0.2) is 0 Å². The number of anilines is 1. The molecule has 1 fully saturated rings. The van der Waals surface area contributed by atoms with Crippen molar-refractivity contribution < 1.29 is 8.42 Å². The second-order valence-electron chi connectivity index (χ2n) is 4.11. The fourth-order valence-corrected chi connectivity index (χ4v) is 3.69. The van der Waals surface area contributed by atoms with Crippen LogP contribution < -0.4 is 10.0 Å². The van der Waals surface area contributed by atoms with E-state index in [1.807, 2.05) is 19.1 Å². The summed E-state index contributed by atoms with van der Waals surface area (Å²) in [4.78, 5) is 0.280.